The molecule has 2 aliphatic heterocycles. The highest BCUT2D eigenvalue weighted by atomic mass is 19.4. The van der Waals surface area contributed by atoms with E-state index in [2.05, 4.69) is 46.9 Å². The number of nitrogens with zero attached hydrogens (tertiary/aromatic N) is 3. The number of aromatic hydroxyl groups is 1. The Hall–Kier alpha value is -4.80. The van der Waals surface area contributed by atoms with E-state index in [0.717, 1.165) is 34.6 Å². The van der Waals surface area contributed by atoms with E-state index >= 15 is 0 Å². The molecule has 210 valence electrons. The molecule has 0 spiro atoms. The third-order valence-electron chi connectivity index (χ3n) is 7.50. The summed E-state index contributed by atoms with van der Waals surface area (Å²) in [5.41, 5.74) is 4.58. The van der Waals surface area contributed by atoms with Crippen molar-refractivity contribution < 1.29 is 32.4 Å². The Morgan fingerprint density at radius 1 is 1.10 bits per heavy atom. The summed E-state index contributed by atoms with van der Waals surface area (Å²) in [6.45, 7) is 6.83. The molecule has 41 heavy (non-hydrogen) atoms. The Morgan fingerprint density at radius 2 is 1.83 bits per heavy atom. The van der Waals surface area contributed by atoms with Gasteiger partial charge in [-0.1, -0.05) is 26.0 Å². The number of benzene rings is 3. The molecule has 1 aromatic heterocycles. The van der Waals surface area contributed by atoms with Gasteiger partial charge in [-0.3, -0.25) is 0 Å². The van der Waals surface area contributed by atoms with E-state index in [9.17, 15) is 23.1 Å². The van der Waals surface area contributed by atoms with E-state index in [1.54, 1.807) is 18.2 Å². The molecule has 2 aliphatic rings. The second kappa shape index (κ2) is 9.39. The summed E-state index contributed by atoms with van der Waals surface area (Å²) in [4.78, 5) is 19.7. The number of urea groups is 1. The van der Waals surface area contributed by atoms with Gasteiger partial charge < -0.3 is 25.4 Å². The largest absolute Gasteiger partial charge is 0.573 e. The van der Waals surface area contributed by atoms with Crippen molar-refractivity contribution in [1.82, 2.24) is 4.98 Å². The van der Waals surface area contributed by atoms with Crippen LogP contribution in [0.15, 0.2) is 73.1 Å². The van der Waals surface area contributed by atoms with Crippen LogP contribution in [0.1, 0.15) is 37.8 Å². The molecule has 2 amide bonds. The fraction of sp³-hybridized carbons (Fsp3) is 0.233. The van der Waals surface area contributed by atoms with Crippen molar-refractivity contribution in [3.05, 3.63) is 84.2 Å². The highest BCUT2D eigenvalue weighted by molar-refractivity contribution is 6.03. The predicted molar refractivity (Wildman–Crippen MR) is 148 cm³/mol. The van der Waals surface area contributed by atoms with E-state index in [-0.39, 0.29) is 23.1 Å². The summed E-state index contributed by atoms with van der Waals surface area (Å²) in [5.74, 6) is 0.853. The molecule has 3 heterocycles. The number of rotatable bonds is 5. The van der Waals surface area contributed by atoms with Crippen LogP contribution in [0.5, 0.6) is 11.5 Å². The zero-order valence-corrected chi connectivity index (χ0v) is 22.5. The summed E-state index contributed by atoms with van der Waals surface area (Å²) in [7, 11) is 0. The Labute approximate surface area is 234 Å². The van der Waals surface area contributed by atoms with Gasteiger partial charge in [0.05, 0.1) is 35.4 Å². The van der Waals surface area contributed by atoms with Gasteiger partial charge in [0.15, 0.2) is 5.54 Å². The first-order valence-electron chi connectivity index (χ1n) is 13.0. The summed E-state index contributed by atoms with van der Waals surface area (Å²) < 4.78 is 43.4. The topological polar surface area (TPSA) is 90.6 Å². The average molecular weight is 563 g/mol. The first-order valence-corrected chi connectivity index (χ1v) is 13.0. The monoisotopic (exact) mass is 562 g/mol. The third kappa shape index (κ3) is 4.56. The first-order chi connectivity index (χ1) is 19.4. The molecular formula is C30H27F3N5O3+. The number of para-hydroxylation sites is 2. The van der Waals surface area contributed by atoms with Crippen LogP contribution in [0.4, 0.5) is 40.7 Å². The lowest BCUT2D eigenvalue weighted by atomic mass is 9.93. The lowest BCUT2D eigenvalue weighted by Crippen LogP contribution is -2.55. The standard InChI is InChI=1S/C30H26F3N5O3/c1-17(2)18-14-34-27-21-12-13-24(39)26-25(21)29(3,38(27)15-18)16-37(26)23-7-5-4-6-22(23)36-28(40)35-19-8-10-20(11-9-19)41-30(31,32)33/h4-15,17H,16H2,1-3H3,(H2,35,36,40)/p+1. The van der Waals surface area contributed by atoms with E-state index in [1.807, 2.05) is 29.3 Å². The van der Waals surface area contributed by atoms with Crippen molar-refractivity contribution in [1.29, 1.82) is 0 Å². The van der Waals surface area contributed by atoms with Gasteiger partial charge in [-0.15, -0.1) is 13.2 Å². The normalized spacial score (nSPS) is 16.9. The van der Waals surface area contributed by atoms with Crippen molar-refractivity contribution in [2.45, 2.75) is 38.6 Å². The second-order valence-corrected chi connectivity index (χ2v) is 10.6. The van der Waals surface area contributed by atoms with Crippen LogP contribution < -0.4 is 24.8 Å². The third-order valence-corrected chi connectivity index (χ3v) is 7.50. The van der Waals surface area contributed by atoms with Gasteiger partial charge in [0.1, 0.15) is 17.7 Å². The van der Waals surface area contributed by atoms with Crippen LogP contribution in [-0.2, 0) is 5.54 Å². The first kappa shape index (κ1) is 26.4. The summed E-state index contributed by atoms with van der Waals surface area (Å²) in [5, 5.41) is 16.5. The van der Waals surface area contributed by atoms with E-state index in [0.29, 0.717) is 23.6 Å². The van der Waals surface area contributed by atoms with Crippen molar-refractivity contribution in [3.8, 4) is 22.9 Å². The number of amides is 2. The maximum absolute atomic E-state index is 12.9. The summed E-state index contributed by atoms with van der Waals surface area (Å²) in [6, 6.07) is 15.1. The summed E-state index contributed by atoms with van der Waals surface area (Å²) >= 11 is 0. The zero-order valence-electron chi connectivity index (χ0n) is 22.5. The van der Waals surface area contributed by atoms with Crippen LogP contribution in [0.25, 0.3) is 11.4 Å². The van der Waals surface area contributed by atoms with Crippen LogP contribution in [0.3, 0.4) is 0 Å². The Bertz CT molecular complexity index is 1670. The number of nitrogens with one attached hydrogen (secondary N) is 2. The highest BCUT2D eigenvalue weighted by Crippen LogP contribution is 2.54. The van der Waals surface area contributed by atoms with Gasteiger partial charge in [-0.25, -0.2) is 9.36 Å². The number of hydrogen-bond donors (Lipinski definition) is 3. The molecule has 0 aliphatic carbocycles. The highest BCUT2D eigenvalue weighted by Gasteiger charge is 2.55. The van der Waals surface area contributed by atoms with Crippen molar-refractivity contribution in [2.24, 2.45) is 0 Å². The van der Waals surface area contributed by atoms with Crippen LogP contribution in [0, 0.1) is 0 Å². The number of hydrogen-bond acceptors (Lipinski definition) is 5. The minimum absolute atomic E-state index is 0.116. The van der Waals surface area contributed by atoms with Crippen LogP contribution in [0.2, 0.25) is 0 Å². The SMILES string of the molecule is CC(C)c1cnc2[n+](c1)C1(C)CN(c3ccccc3NC(=O)Nc3ccc(OC(F)(F)F)cc3)c3c(O)ccc-2c31. The van der Waals surface area contributed by atoms with Gasteiger partial charge in [-0.2, -0.15) is 0 Å². The number of fused-ring (bicyclic) bond motifs is 3. The number of phenolic OH excluding ortho intramolecular Hbond substituents is 1. The van der Waals surface area contributed by atoms with Crippen LogP contribution >= 0.6 is 0 Å². The lowest BCUT2D eigenvalue weighted by Gasteiger charge is -2.26. The minimum Gasteiger partial charge on any atom is -0.506 e. The molecule has 6 rings (SSSR count). The maximum atomic E-state index is 12.9. The quantitative estimate of drug-likeness (QED) is 0.238. The van der Waals surface area contributed by atoms with Crippen molar-refractivity contribution in [2.75, 3.05) is 22.1 Å². The average Bonchev–Trinajstić information content (AvgIpc) is 3.36. The van der Waals surface area contributed by atoms with Crippen molar-refractivity contribution >= 4 is 28.8 Å². The number of phenols is 1. The Kier molecular flexibility index (Phi) is 6.05. The molecule has 0 saturated carbocycles. The number of alkyl halides is 3. The minimum atomic E-state index is -4.80. The molecule has 3 N–H and O–H groups in total. The molecule has 3 aromatic carbocycles. The van der Waals surface area contributed by atoms with E-state index in [1.165, 1.54) is 12.1 Å². The zero-order chi connectivity index (χ0) is 29.1. The molecule has 0 bridgehead atoms. The van der Waals surface area contributed by atoms with E-state index in [4.69, 9.17) is 4.98 Å². The molecule has 1 unspecified atom stereocenters. The maximum Gasteiger partial charge on any atom is 0.573 e. The van der Waals surface area contributed by atoms with Crippen molar-refractivity contribution in [3.63, 3.8) is 0 Å². The molecule has 8 nitrogen and oxygen atoms in total. The Morgan fingerprint density at radius 3 is 2.54 bits per heavy atom. The predicted octanol–water partition coefficient (Wildman–Crippen LogP) is 6.64. The van der Waals surface area contributed by atoms with Gasteiger partial charge in [-0.05, 0) is 66.4 Å². The smallest absolute Gasteiger partial charge is 0.506 e. The molecule has 0 fully saturated rings. The Balaban J connectivity index is 1.30. The number of carbonyl (C=O) groups is 1. The number of halogens is 3. The van der Waals surface area contributed by atoms with Gasteiger partial charge >= 0.3 is 18.2 Å². The molecule has 4 aromatic rings. The fourth-order valence-corrected chi connectivity index (χ4v) is 5.61. The van der Waals surface area contributed by atoms with Gasteiger partial charge in [0, 0.05) is 16.8 Å². The van der Waals surface area contributed by atoms with Gasteiger partial charge in [0.25, 0.3) is 0 Å². The van der Waals surface area contributed by atoms with Gasteiger partial charge in [0.2, 0.25) is 0 Å². The number of ether oxygens (including phenoxy) is 1. The van der Waals surface area contributed by atoms with Crippen LogP contribution in [-0.4, -0.2) is 29.0 Å². The summed E-state index contributed by atoms with van der Waals surface area (Å²) in [6.07, 6.45) is -0.781. The van der Waals surface area contributed by atoms with E-state index < -0.39 is 17.9 Å². The molecular weight excluding hydrogens is 535 g/mol. The number of anilines is 4. The molecule has 1 atom stereocenters. The molecule has 0 saturated heterocycles. The molecule has 11 heteroatoms. The number of carbonyl (C=O) groups excluding carboxylic acids is 1. The second-order valence-electron chi connectivity index (χ2n) is 10.6. The lowest BCUT2D eigenvalue weighted by molar-refractivity contribution is -0.733. The molecule has 0 radical (unpaired) electrons. The fourth-order valence-electron chi connectivity index (χ4n) is 5.61. The number of aromatic nitrogens is 2.